The van der Waals surface area contributed by atoms with Crippen molar-refractivity contribution in [2.45, 2.75) is 38.1 Å². The summed E-state index contributed by atoms with van der Waals surface area (Å²) in [6, 6.07) is 12.5. The van der Waals surface area contributed by atoms with Crippen LogP contribution in [0.5, 0.6) is 0 Å². The molecule has 1 saturated heterocycles. The van der Waals surface area contributed by atoms with Crippen molar-refractivity contribution >= 4 is 11.7 Å². The number of hydrogen-bond acceptors (Lipinski definition) is 4. The molecule has 0 aromatic heterocycles. The average molecular weight is 402 g/mol. The second-order valence-electron chi connectivity index (χ2n) is 7.11. The van der Waals surface area contributed by atoms with Gasteiger partial charge in [-0.2, -0.15) is 0 Å². The molecule has 1 aliphatic rings. The lowest BCUT2D eigenvalue weighted by atomic mass is 10.1. The molecule has 7 heteroatoms. The molecule has 0 saturated carbocycles. The minimum atomic E-state index is -0.914. The smallest absolute Gasteiger partial charge is 0.319 e. The van der Waals surface area contributed by atoms with E-state index >= 15 is 0 Å². The van der Waals surface area contributed by atoms with Crippen LogP contribution in [0.25, 0.3) is 0 Å². The van der Waals surface area contributed by atoms with E-state index in [0.29, 0.717) is 24.5 Å². The molecule has 2 unspecified atom stereocenters. The number of carbonyl (C=O) groups is 1. The first-order chi connectivity index (χ1) is 14.1. The molecule has 0 spiro atoms. The van der Waals surface area contributed by atoms with Gasteiger partial charge in [-0.3, -0.25) is 0 Å². The second kappa shape index (κ2) is 10.9. The Labute approximate surface area is 170 Å². The lowest BCUT2D eigenvalue weighted by Gasteiger charge is -2.22. The number of urea groups is 1. The van der Waals surface area contributed by atoms with Gasteiger partial charge in [0.25, 0.3) is 0 Å². The van der Waals surface area contributed by atoms with Crippen LogP contribution in [0, 0.1) is 5.82 Å². The maximum absolute atomic E-state index is 12.9. The lowest BCUT2D eigenvalue weighted by Crippen LogP contribution is -2.32. The van der Waals surface area contributed by atoms with E-state index in [1.165, 1.54) is 30.7 Å². The van der Waals surface area contributed by atoms with E-state index in [0.717, 1.165) is 25.0 Å². The Balaban J connectivity index is 1.41. The predicted octanol–water partition coefficient (Wildman–Crippen LogP) is 3.77. The Morgan fingerprint density at radius 3 is 2.83 bits per heavy atom. The summed E-state index contributed by atoms with van der Waals surface area (Å²) in [5.74, 6) is -0.373. The van der Waals surface area contributed by atoms with E-state index in [1.54, 1.807) is 6.07 Å². The van der Waals surface area contributed by atoms with Crippen LogP contribution in [0.3, 0.4) is 0 Å². The van der Waals surface area contributed by atoms with Gasteiger partial charge in [-0.05, 0) is 54.7 Å². The summed E-state index contributed by atoms with van der Waals surface area (Å²) in [5.41, 5.74) is 2.12. The Bertz CT molecular complexity index is 779. The molecule has 29 heavy (non-hydrogen) atoms. The van der Waals surface area contributed by atoms with E-state index in [2.05, 4.69) is 10.6 Å². The third-order valence-corrected chi connectivity index (χ3v) is 4.74. The van der Waals surface area contributed by atoms with Crippen molar-refractivity contribution < 1.29 is 23.8 Å². The van der Waals surface area contributed by atoms with Gasteiger partial charge in [0, 0.05) is 18.8 Å². The molecule has 2 aromatic carbocycles. The monoisotopic (exact) mass is 402 g/mol. The molecule has 0 bridgehead atoms. The highest BCUT2D eigenvalue weighted by atomic mass is 19.1. The van der Waals surface area contributed by atoms with Crippen molar-refractivity contribution in [1.82, 2.24) is 5.32 Å². The van der Waals surface area contributed by atoms with E-state index in [4.69, 9.17) is 9.47 Å². The van der Waals surface area contributed by atoms with Crippen LogP contribution in [0.4, 0.5) is 14.9 Å². The molecule has 2 amide bonds. The SMILES string of the molecule is O=C(NCC(O)c1ccc(F)cc1)Nc1cccc(COCC2CCCCO2)c1. The molecule has 156 valence electrons. The molecular weight excluding hydrogens is 375 g/mol. The molecule has 2 atom stereocenters. The number of aliphatic hydroxyl groups excluding tert-OH is 1. The molecule has 1 fully saturated rings. The van der Waals surface area contributed by atoms with E-state index in [1.807, 2.05) is 18.2 Å². The summed E-state index contributed by atoms with van der Waals surface area (Å²) < 4.78 is 24.3. The number of amides is 2. The van der Waals surface area contributed by atoms with E-state index < -0.39 is 12.1 Å². The second-order valence-corrected chi connectivity index (χ2v) is 7.11. The molecule has 0 radical (unpaired) electrons. The van der Waals surface area contributed by atoms with Gasteiger partial charge in [0.2, 0.25) is 0 Å². The van der Waals surface area contributed by atoms with Crippen molar-refractivity contribution in [3.05, 3.63) is 65.5 Å². The normalized spacial score (nSPS) is 17.5. The Morgan fingerprint density at radius 2 is 2.07 bits per heavy atom. The summed E-state index contributed by atoms with van der Waals surface area (Å²) in [6.45, 7) is 1.83. The number of carbonyl (C=O) groups excluding carboxylic acids is 1. The van der Waals surface area contributed by atoms with Crippen LogP contribution in [0.2, 0.25) is 0 Å². The van der Waals surface area contributed by atoms with Crippen molar-refractivity contribution in [3.63, 3.8) is 0 Å². The Hall–Kier alpha value is -2.48. The fourth-order valence-corrected chi connectivity index (χ4v) is 3.15. The molecule has 3 rings (SSSR count). The number of hydrogen-bond donors (Lipinski definition) is 3. The van der Waals surface area contributed by atoms with Gasteiger partial charge in [0.1, 0.15) is 5.82 Å². The summed E-state index contributed by atoms with van der Waals surface area (Å²) in [4.78, 5) is 12.1. The summed E-state index contributed by atoms with van der Waals surface area (Å²) >= 11 is 0. The standard InChI is InChI=1S/C22H27FN2O4/c23-18-9-7-17(8-10-18)21(26)13-24-22(27)25-19-5-3-4-16(12-19)14-28-15-20-6-1-2-11-29-20/h3-5,7-10,12,20-21,26H,1-2,6,11,13-15H2,(H2,24,25,27). The van der Waals surface area contributed by atoms with Crippen molar-refractivity contribution in [3.8, 4) is 0 Å². The zero-order chi connectivity index (χ0) is 20.5. The van der Waals surface area contributed by atoms with Crippen LogP contribution in [0.1, 0.15) is 36.5 Å². The van der Waals surface area contributed by atoms with Gasteiger partial charge in [-0.1, -0.05) is 24.3 Å². The van der Waals surface area contributed by atoms with Crippen LogP contribution >= 0.6 is 0 Å². The molecular formula is C22H27FN2O4. The number of benzene rings is 2. The molecule has 1 heterocycles. The summed E-state index contributed by atoms with van der Waals surface area (Å²) in [6.07, 6.45) is 2.59. The number of ether oxygens (including phenoxy) is 2. The lowest BCUT2D eigenvalue weighted by molar-refractivity contribution is -0.0447. The predicted molar refractivity (Wildman–Crippen MR) is 108 cm³/mol. The van der Waals surface area contributed by atoms with E-state index in [-0.39, 0.29) is 18.5 Å². The van der Waals surface area contributed by atoms with Crippen LogP contribution in [0.15, 0.2) is 48.5 Å². The first kappa shape index (κ1) is 21.2. The van der Waals surface area contributed by atoms with Crippen molar-refractivity contribution in [2.75, 3.05) is 25.1 Å². The number of halogens is 1. The van der Waals surface area contributed by atoms with Gasteiger partial charge in [-0.25, -0.2) is 9.18 Å². The number of anilines is 1. The largest absolute Gasteiger partial charge is 0.387 e. The van der Waals surface area contributed by atoms with Gasteiger partial charge in [-0.15, -0.1) is 0 Å². The molecule has 2 aromatic rings. The highest BCUT2D eigenvalue weighted by Crippen LogP contribution is 2.16. The third kappa shape index (κ3) is 7.12. The summed E-state index contributed by atoms with van der Waals surface area (Å²) in [7, 11) is 0. The number of aliphatic hydroxyl groups is 1. The first-order valence-corrected chi connectivity index (χ1v) is 9.87. The van der Waals surface area contributed by atoms with Gasteiger partial charge >= 0.3 is 6.03 Å². The maximum atomic E-state index is 12.9. The van der Waals surface area contributed by atoms with Crippen molar-refractivity contribution in [1.29, 1.82) is 0 Å². The Morgan fingerprint density at radius 1 is 1.24 bits per heavy atom. The topological polar surface area (TPSA) is 79.8 Å². The van der Waals surface area contributed by atoms with Gasteiger partial charge in [0.15, 0.2) is 0 Å². The molecule has 1 aliphatic heterocycles. The first-order valence-electron chi connectivity index (χ1n) is 9.87. The van der Waals surface area contributed by atoms with Gasteiger partial charge in [0.05, 0.1) is 25.4 Å². The number of nitrogens with one attached hydrogen (secondary N) is 2. The maximum Gasteiger partial charge on any atom is 0.319 e. The van der Waals surface area contributed by atoms with Crippen LogP contribution in [-0.2, 0) is 16.1 Å². The minimum Gasteiger partial charge on any atom is -0.387 e. The van der Waals surface area contributed by atoms with Gasteiger partial charge < -0.3 is 25.2 Å². The van der Waals surface area contributed by atoms with Crippen LogP contribution in [-0.4, -0.2) is 37.0 Å². The van der Waals surface area contributed by atoms with Crippen molar-refractivity contribution in [2.24, 2.45) is 0 Å². The highest BCUT2D eigenvalue weighted by Gasteiger charge is 2.14. The zero-order valence-electron chi connectivity index (χ0n) is 16.3. The Kier molecular flexibility index (Phi) is 7.98. The number of rotatable bonds is 8. The third-order valence-electron chi connectivity index (χ3n) is 4.74. The highest BCUT2D eigenvalue weighted by molar-refractivity contribution is 5.89. The minimum absolute atomic E-state index is 0.0155. The van der Waals surface area contributed by atoms with Crippen LogP contribution < -0.4 is 10.6 Å². The van der Waals surface area contributed by atoms with E-state index in [9.17, 15) is 14.3 Å². The quantitative estimate of drug-likeness (QED) is 0.628. The molecule has 3 N–H and O–H groups in total. The fourth-order valence-electron chi connectivity index (χ4n) is 3.15. The summed E-state index contributed by atoms with van der Waals surface area (Å²) in [5, 5.41) is 15.4. The fraction of sp³-hybridized carbons (Fsp3) is 0.409. The molecule has 0 aliphatic carbocycles. The zero-order valence-corrected chi connectivity index (χ0v) is 16.3. The average Bonchev–Trinajstić information content (AvgIpc) is 2.74. The molecule has 6 nitrogen and oxygen atoms in total.